The van der Waals surface area contributed by atoms with Gasteiger partial charge < -0.3 is 16.0 Å². The summed E-state index contributed by atoms with van der Waals surface area (Å²) in [6.45, 7) is 8.92. The van der Waals surface area contributed by atoms with Gasteiger partial charge in [0, 0.05) is 36.2 Å². The molecule has 0 aliphatic heterocycles. The van der Waals surface area contributed by atoms with Gasteiger partial charge in [0.1, 0.15) is 0 Å². The summed E-state index contributed by atoms with van der Waals surface area (Å²) >= 11 is 3.42. The van der Waals surface area contributed by atoms with E-state index in [9.17, 15) is 4.79 Å². The van der Waals surface area contributed by atoms with Gasteiger partial charge in [0.05, 0.1) is 0 Å². The Kier molecular flexibility index (Phi) is 8.09. The number of nitrogens with zero attached hydrogens (tertiary/aromatic N) is 1. The Hall–Kier alpha value is -1.56. The number of benzene rings is 1. The van der Waals surface area contributed by atoms with Crippen LogP contribution < -0.4 is 16.0 Å². The van der Waals surface area contributed by atoms with E-state index in [1.807, 2.05) is 25.1 Å². The monoisotopic (exact) mass is 382 g/mol. The molecule has 0 aliphatic carbocycles. The smallest absolute Gasteiger partial charge is 0.226 e. The highest BCUT2D eigenvalue weighted by Crippen LogP contribution is 2.19. The zero-order valence-corrected chi connectivity index (χ0v) is 16.1. The van der Waals surface area contributed by atoms with Crippen LogP contribution in [0, 0.1) is 12.8 Å². The van der Waals surface area contributed by atoms with E-state index in [2.05, 4.69) is 57.6 Å². The van der Waals surface area contributed by atoms with Crippen LogP contribution in [0.4, 0.5) is 5.69 Å². The van der Waals surface area contributed by atoms with Gasteiger partial charge in [-0.25, -0.2) is 0 Å². The van der Waals surface area contributed by atoms with Crippen molar-refractivity contribution in [1.29, 1.82) is 0 Å². The lowest BCUT2D eigenvalue weighted by Crippen LogP contribution is -2.44. The van der Waals surface area contributed by atoms with Crippen LogP contribution in [-0.2, 0) is 4.79 Å². The summed E-state index contributed by atoms with van der Waals surface area (Å²) in [5.41, 5.74) is 1.87. The highest BCUT2D eigenvalue weighted by atomic mass is 79.9. The number of amides is 1. The van der Waals surface area contributed by atoms with Crippen molar-refractivity contribution < 1.29 is 4.79 Å². The normalized spacial score (nSPS) is 12.9. The molecule has 1 amide bonds. The molecule has 1 atom stereocenters. The molecule has 0 fully saturated rings. The number of carbonyl (C=O) groups is 1. The third kappa shape index (κ3) is 7.03. The highest BCUT2D eigenvalue weighted by molar-refractivity contribution is 9.10. The fourth-order valence-corrected chi connectivity index (χ4v) is 2.33. The van der Waals surface area contributed by atoms with E-state index in [4.69, 9.17) is 0 Å². The summed E-state index contributed by atoms with van der Waals surface area (Å²) < 4.78 is 1.00. The molecule has 0 radical (unpaired) electrons. The molecule has 0 aliphatic rings. The number of aryl methyl sites for hydroxylation is 1. The van der Waals surface area contributed by atoms with E-state index in [1.165, 1.54) is 0 Å². The van der Waals surface area contributed by atoms with Gasteiger partial charge in [0.25, 0.3) is 0 Å². The number of guanidine groups is 1. The van der Waals surface area contributed by atoms with Gasteiger partial charge in [-0.1, -0.05) is 29.8 Å². The second-order valence-electron chi connectivity index (χ2n) is 5.93. The summed E-state index contributed by atoms with van der Waals surface area (Å²) in [6, 6.07) is 6.11. The molecule has 0 bridgehead atoms. The minimum atomic E-state index is -0.0183. The Balaban J connectivity index is 2.41. The maximum absolute atomic E-state index is 12.0. The molecule has 0 saturated carbocycles. The first-order valence-corrected chi connectivity index (χ1v) is 8.66. The van der Waals surface area contributed by atoms with Gasteiger partial charge in [-0.15, -0.1) is 0 Å². The number of nitrogens with one attached hydrogen (secondary N) is 3. The maximum Gasteiger partial charge on any atom is 0.226 e. The first-order valence-electron chi connectivity index (χ1n) is 7.86. The first-order chi connectivity index (χ1) is 10.8. The number of rotatable bonds is 6. The van der Waals surface area contributed by atoms with Gasteiger partial charge in [-0.3, -0.25) is 9.79 Å². The Bertz CT molecular complexity index is 558. The number of anilines is 1. The quantitative estimate of drug-likeness (QED) is 0.522. The molecule has 0 saturated heterocycles. The zero-order chi connectivity index (χ0) is 17.4. The second-order valence-corrected chi connectivity index (χ2v) is 6.85. The SMILES string of the molecule is CN=C(NCCC(=O)Nc1ccc(Br)cc1C)NC(C)C(C)C. The summed E-state index contributed by atoms with van der Waals surface area (Å²) in [6.07, 6.45) is 0.381. The summed E-state index contributed by atoms with van der Waals surface area (Å²) in [5, 5.41) is 9.40. The van der Waals surface area contributed by atoms with Crippen LogP contribution in [0.2, 0.25) is 0 Å². The second kappa shape index (κ2) is 9.55. The van der Waals surface area contributed by atoms with Crippen LogP contribution in [0.25, 0.3) is 0 Å². The van der Waals surface area contributed by atoms with Gasteiger partial charge in [0.15, 0.2) is 5.96 Å². The van der Waals surface area contributed by atoms with Crippen molar-refractivity contribution in [3.05, 3.63) is 28.2 Å². The number of carbonyl (C=O) groups excluding carboxylic acids is 1. The number of hydrogen-bond acceptors (Lipinski definition) is 2. The molecule has 1 aromatic rings. The van der Waals surface area contributed by atoms with Crippen molar-refractivity contribution in [2.24, 2.45) is 10.9 Å². The van der Waals surface area contributed by atoms with Crippen molar-refractivity contribution in [3.63, 3.8) is 0 Å². The molecule has 1 aromatic carbocycles. The van der Waals surface area contributed by atoms with Crippen LogP contribution in [-0.4, -0.2) is 31.5 Å². The molecule has 1 rings (SSSR count). The standard InChI is InChI=1S/C17H27BrN4O/c1-11(2)13(4)21-17(19-5)20-9-8-16(23)22-15-7-6-14(18)10-12(15)3/h6-7,10-11,13H,8-9H2,1-5H3,(H,22,23)(H2,19,20,21). The molecule has 0 aromatic heterocycles. The Labute approximate surface area is 147 Å². The van der Waals surface area contributed by atoms with Crippen LogP contribution in [0.3, 0.4) is 0 Å². The van der Waals surface area contributed by atoms with Crippen molar-refractivity contribution in [1.82, 2.24) is 10.6 Å². The lowest BCUT2D eigenvalue weighted by atomic mass is 10.1. The van der Waals surface area contributed by atoms with E-state index in [0.29, 0.717) is 24.9 Å². The summed E-state index contributed by atoms with van der Waals surface area (Å²) in [4.78, 5) is 16.2. The molecule has 23 heavy (non-hydrogen) atoms. The van der Waals surface area contributed by atoms with E-state index >= 15 is 0 Å². The van der Waals surface area contributed by atoms with Crippen LogP contribution in [0.1, 0.15) is 32.8 Å². The van der Waals surface area contributed by atoms with Gasteiger partial charge in [-0.05, 0) is 43.5 Å². The molecule has 128 valence electrons. The number of aliphatic imine (C=N–C) groups is 1. The van der Waals surface area contributed by atoms with Crippen LogP contribution in [0.5, 0.6) is 0 Å². The molecule has 6 heteroatoms. The van der Waals surface area contributed by atoms with E-state index < -0.39 is 0 Å². The minimum Gasteiger partial charge on any atom is -0.356 e. The van der Waals surface area contributed by atoms with Crippen molar-refractivity contribution in [2.75, 3.05) is 18.9 Å². The molecule has 0 spiro atoms. The van der Waals surface area contributed by atoms with E-state index in [1.54, 1.807) is 7.05 Å². The largest absolute Gasteiger partial charge is 0.356 e. The molecule has 3 N–H and O–H groups in total. The molecule has 0 heterocycles. The van der Waals surface area contributed by atoms with Gasteiger partial charge in [-0.2, -0.15) is 0 Å². The van der Waals surface area contributed by atoms with Crippen LogP contribution in [0.15, 0.2) is 27.7 Å². The topological polar surface area (TPSA) is 65.5 Å². The fraction of sp³-hybridized carbons (Fsp3) is 0.529. The summed E-state index contributed by atoms with van der Waals surface area (Å²) in [7, 11) is 1.73. The van der Waals surface area contributed by atoms with Crippen molar-refractivity contribution >= 4 is 33.5 Å². The lowest BCUT2D eigenvalue weighted by molar-refractivity contribution is -0.116. The first kappa shape index (κ1) is 19.5. The Morgan fingerprint density at radius 3 is 2.57 bits per heavy atom. The maximum atomic E-state index is 12.0. The number of halogens is 1. The average molecular weight is 383 g/mol. The zero-order valence-electron chi connectivity index (χ0n) is 14.5. The van der Waals surface area contributed by atoms with E-state index in [-0.39, 0.29) is 5.91 Å². The predicted octanol–water partition coefficient (Wildman–Crippen LogP) is 3.30. The third-order valence-corrected chi connectivity index (χ3v) is 4.19. The third-order valence-electron chi connectivity index (χ3n) is 3.70. The van der Waals surface area contributed by atoms with Crippen molar-refractivity contribution in [2.45, 2.75) is 40.2 Å². The molecular formula is C17H27BrN4O. The predicted molar refractivity (Wildman–Crippen MR) is 101 cm³/mol. The number of hydrogen-bond donors (Lipinski definition) is 3. The van der Waals surface area contributed by atoms with Crippen molar-refractivity contribution in [3.8, 4) is 0 Å². The Morgan fingerprint density at radius 2 is 2.00 bits per heavy atom. The van der Waals surface area contributed by atoms with Gasteiger partial charge >= 0.3 is 0 Å². The molecule has 5 nitrogen and oxygen atoms in total. The fourth-order valence-electron chi connectivity index (χ4n) is 1.85. The molecule has 1 unspecified atom stereocenters. The minimum absolute atomic E-state index is 0.0183. The Morgan fingerprint density at radius 1 is 1.30 bits per heavy atom. The van der Waals surface area contributed by atoms with E-state index in [0.717, 1.165) is 21.7 Å². The molecular weight excluding hydrogens is 356 g/mol. The van der Waals surface area contributed by atoms with Crippen LogP contribution >= 0.6 is 15.9 Å². The highest BCUT2D eigenvalue weighted by Gasteiger charge is 2.09. The average Bonchev–Trinajstić information content (AvgIpc) is 2.48. The summed E-state index contributed by atoms with van der Waals surface area (Å²) in [5.74, 6) is 1.21. The lowest BCUT2D eigenvalue weighted by Gasteiger charge is -2.20. The van der Waals surface area contributed by atoms with Gasteiger partial charge in [0.2, 0.25) is 5.91 Å².